The Kier molecular flexibility index (Phi) is 6.68. The average molecular weight is 360 g/mol. The Labute approximate surface area is 157 Å². The van der Waals surface area contributed by atoms with Crippen molar-refractivity contribution in [2.45, 2.75) is 52.6 Å². The molecule has 5 heteroatoms. The molecule has 0 unspecified atom stereocenters. The van der Waals surface area contributed by atoms with Gasteiger partial charge in [0.05, 0.1) is 6.42 Å². The van der Waals surface area contributed by atoms with Crippen molar-refractivity contribution in [3.63, 3.8) is 0 Å². The average Bonchev–Trinajstić information content (AvgIpc) is 2.53. The molecular formula is C21H32N2O3. The summed E-state index contributed by atoms with van der Waals surface area (Å²) in [6.07, 6.45) is 2.01. The lowest BCUT2D eigenvalue weighted by atomic mass is 9.96. The van der Waals surface area contributed by atoms with Crippen molar-refractivity contribution in [3.8, 4) is 0 Å². The zero-order valence-corrected chi connectivity index (χ0v) is 16.7. The highest BCUT2D eigenvalue weighted by Gasteiger charge is 2.27. The van der Waals surface area contributed by atoms with Gasteiger partial charge >= 0.3 is 6.09 Å². The lowest BCUT2D eigenvalue weighted by Gasteiger charge is -2.34. The normalized spacial score (nSPS) is 15.7. The summed E-state index contributed by atoms with van der Waals surface area (Å²) >= 11 is 0. The van der Waals surface area contributed by atoms with Crippen LogP contribution in [0.15, 0.2) is 24.3 Å². The molecule has 144 valence electrons. The topological polar surface area (TPSA) is 49.9 Å². The zero-order chi connectivity index (χ0) is 19.3. The van der Waals surface area contributed by atoms with Crippen LogP contribution in [0.3, 0.4) is 0 Å². The number of rotatable bonds is 4. The SMILES string of the molecule is Cc1cccc(CC(=O)N(C)CC2CCN(C(=O)OC(C)(C)C)CC2)c1. The highest BCUT2D eigenvalue weighted by Crippen LogP contribution is 2.20. The highest BCUT2D eigenvalue weighted by molar-refractivity contribution is 5.78. The number of carbonyl (C=O) groups is 2. The summed E-state index contributed by atoms with van der Waals surface area (Å²) in [6, 6.07) is 8.09. The van der Waals surface area contributed by atoms with E-state index in [1.54, 1.807) is 4.90 Å². The fourth-order valence-electron chi connectivity index (χ4n) is 3.25. The van der Waals surface area contributed by atoms with Crippen LogP contribution in [0.1, 0.15) is 44.7 Å². The summed E-state index contributed by atoms with van der Waals surface area (Å²) in [4.78, 5) is 28.2. The number of likely N-dealkylation sites (N-methyl/N-ethyl adjacent to an activating group) is 1. The fraction of sp³-hybridized carbons (Fsp3) is 0.619. The third-order valence-corrected chi connectivity index (χ3v) is 4.66. The van der Waals surface area contributed by atoms with Crippen LogP contribution in [0.4, 0.5) is 4.79 Å². The van der Waals surface area contributed by atoms with Crippen LogP contribution in [0.5, 0.6) is 0 Å². The monoisotopic (exact) mass is 360 g/mol. The summed E-state index contributed by atoms with van der Waals surface area (Å²) in [6.45, 7) is 9.81. The van der Waals surface area contributed by atoms with Crippen LogP contribution in [-0.4, -0.2) is 54.1 Å². The van der Waals surface area contributed by atoms with Gasteiger partial charge in [-0.15, -0.1) is 0 Å². The molecular weight excluding hydrogens is 328 g/mol. The number of amides is 2. The molecule has 26 heavy (non-hydrogen) atoms. The van der Waals surface area contributed by atoms with E-state index in [1.807, 2.05) is 57.8 Å². The van der Waals surface area contributed by atoms with Gasteiger partial charge in [-0.25, -0.2) is 4.79 Å². The molecule has 0 aromatic heterocycles. The van der Waals surface area contributed by atoms with Crippen molar-refractivity contribution in [1.82, 2.24) is 9.80 Å². The third-order valence-electron chi connectivity index (χ3n) is 4.66. The van der Waals surface area contributed by atoms with Crippen molar-refractivity contribution < 1.29 is 14.3 Å². The standard InChI is InChI=1S/C21H32N2O3/c1-16-7-6-8-18(13-16)14-19(24)22(5)15-17-9-11-23(12-10-17)20(25)26-21(2,3)4/h6-8,13,17H,9-12,14-15H2,1-5H3. The molecule has 1 aliphatic rings. The Morgan fingerprint density at radius 2 is 1.88 bits per heavy atom. The molecule has 0 bridgehead atoms. The second-order valence-electron chi connectivity index (χ2n) is 8.35. The second kappa shape index (κ2) is 8.56. The van der Waals surface area contributed by atoms with E-state index >= 15 is 0 Å². The third kappa shape index (κ3) is 6.36. The van der Waals surface area contributed by atoms with Crippen LogP contribution in [0, 0.1) is 12.8 Å². The number of aryl methyl sites for hydroxylation is 1. The number of hydrogen-bond donors (Lipinski definition) is 0. The van der Waals surface area contributed by atoms with E-state index in [4.69, 9.17) is 4.74 Å². The second-order valence-corrected chi connectivity index (χ2v) is 8.35. The zero-order valence-electron chi connectivity index (χ0n) is 16.7. The first kappa shape index (κ1) is 20.3. The molecule has 1 aliphatic heterocycles. The quantitative estimate of drug-likeness (QED) is 0.824. The van der Waals surface area contributed by atoms with Crippen LogP contribution in [-0.2, 0) is 16.0 Å². The molecule has 5 nitrogen and oxygen atoms in total. The van der Waals surface area contributed by atoms with Crippen molar-refractivity contribution in [2.24, 2.45) is 5.92 Å². The maximum absolute atomic E-state index is 12.5. The first-order valence-electron chi connectivity index (χ1n) is 9.41. The van der Waals surface area contributed by atoms with E-state index in [0.29, 0.717) is 25.4 Å². The molecule has 2 rings (SSSR count). The Morgan fingerprint density at radius 1 is 1.23 bits per heavy atom. The lowest BCUT2D eigenvalue weighted by Crippen LogP contribution is -2.44. The van der Waals surface area contributed by atoms with Gasteiger partial charge in [0.2, 0.25) is 5.91 Å². The Bertz CT molecular complexity index is 628. The van der Waals surface area contributed by atoms with Crippen LogP contribution < -0.4 is 0 Å². The predicted octanol–water partition coefficient (Wildman–Crippen LogP) is 3.64. The van der Waals surface area contributed by atoms with Gasteiger partial charge in [0, 0.05) is 26.7 Å². The lowest BCUT2D eigenvalue weighted by molar-refractivity contribution is -0.130. The molecule has 1 saturated heterocycles. The van der Waals surface area contributed by atoms with Gasteiger partial charge < -0.3 is 14.5 Å². The van der Waals surface area contributed by atoms with Gasteiger partial charge in [0.1, 0.15) is 5.60 Å². The summed E-state index contributed by atoms with van der Waals surface area (Å²) in [5.41, 5.74) is 1.77. The van der Waals surface area contributed by atoms with E-state index in [1.165, 1.54) is 5.56 Å². The predicted molar refractivity (Wildman–Crippen MR) is 103 cm³/mol. The van der Waals surface area contributed by atoms with E-state index < -0.39 is 5.60 Å². The van der Waals surface area contributed by atoms with Crippen LogP contribution in [0.2, 0.25) is 0 Å². The van der Waals surface area contributed by atoms with Gasteiger partial charge in [-0.2, -0.15) is 0 Å². The Balaban J connectivity index is 1.77. The minimum atomic E-state index is -0.462. The van der Waals surface area contributed by atoms with Crippen LogP contribution in [0.25, 0.3) is 0 Å². The summed E-state index contributed by atoms with van der Waals surface area (Å²) in [5.74, 6) is 0.574. The molecule has 0 saturated carbocycles. The number of piperidine rings is 1. The molecule has 1 aromatic carbocycles. The number of benzene rings is 1. The smallest absolute Gasteiger partial charge is 0.410 e. The molecule has 1 aromatic rings. The van der Waals surface area contributed by atoms with Crippen molar-refractivity contribution in [2.75, 3.05) is 26.7 Å². The minimum Gasteiger partial charge on any atom is -0.444 e. The molecule has 0 atom stereocenters. The van der Waals surface area contributed by atoms with E-state index in [-0.39, 0.29) is 12.0 Å². The van der Waals surface area contributed by atoms with Gasteiger partial charge in [0.25, 0.3) is 0 Å². The highest BCUT2D eigenvalue weighted by atomic mass is 16.6. The molecule has 0 aliphatic carbocycles. The first-order chi connectivity index (χ1) is 12.1. The van der Waals surface area contributed by atoms with Gasteiger partial charge in [-0.1, -0.05) is 29.8 Å². The number of hydrogen-bond acceptors (Lipinski definition) is 3. The van der Waals surface area contributed by atoms with Gasteiger partial charge in [-0.3, -0.25) is 4.79 Å². The van der Waals surface area contributed by atoms with Crippen molar-refractivity contribution in [3.05, 3.63) is 35.4 Å². The van der Waals surface area contributed by atoms with Crippen molar-refractivity contribution in [1.29, 1.82) is 0 Å². The molecule has 1 heterocycles. The molecule has 1 fully saturated rings. The minimum absolute atomic E-state index is 0.144. The first-order valence-corrected chi connectivity index (χ1v) is 9.41. The number of likely N-dealkylation sites (tertiary alicyclic amines) is 1. The summed E-state index contributed by atoms with van der Waals surface area (Å²) in [5, 5.41) is 0. The Morgan fingerprint density at radius 3 is 2.46 bits per heavy atom. The summed E-state index contributed by atoms with van der Waals surface area (Å²) < 4.78 is 5.43. The van der Waals surface area contributed by atoms with Crippen LogP contribution >= 0.6 is 0 Å². The number of nitrogens with zero attached hydrogens (tertiary/aromatic N) is 2. The summed E-state index contributed by atoms with van der Waals surface area (Å²) in [7, 11) is 1.87. The Hall–Kier alpha value is -2.04. The molecule has 2 amide bonds. The fourth-order valence-corrected chi connectivity index (χ4v) is 3.25. The maximum atomic E-state index is 12.5. The van der Waals surface area contributed by atoms with E-state index in [2.05, 4.69) is 6.07 Å². The molecule has 0 spiro atoms. The number of ether oxygens (including phenoxy) is 1. The van der Waals surface area contributed by atoms with E-state index in [9.17, 15) is 9.59 Å². The van der Waals surface area contributed by atoms with E-state index in [0.717, 1.165) is 24.9 Å². The van der Waals surface area contributed by atoms with Gasteiger partial charge in [0.15, 0.2) is 0 Å². The largest absolute Gasteiger partial charge is 0.444 e. The van der Waals surface area contributed by atoms with Gasteiger partial charge in [-0.05, 0) is 52.0 Å². The molecule has 0 N–H and O–H groups in total. The maximum Gasteiger partial charge on any atom is 0.410 e. The number of carbonyl (C=O) groups excluding carboxylic acids is 2. The van der Waals surface area contributed by atoms with Crippen molar-refractivity contribution >= 4 is 12.0 Å². The molecule has 0 radical (unpaired) electrons.